The molecular formula is C17H17NO3S2. The van der Waals surface area contributed by atoms with Crippen molar-refractivity contribution in [3.8, 4) is 0 Å². The first-order valence-corrected chi connectivity index (χ1v) is 10.2. The van der Waals surface area contributed by atoms with E-state index in [-0.39, 0.29) is 12.6 Å². The molecular weight excluding hydrogens is 330 g/mol. The topological polar surface area (TPSA) is 46.6 Å². The predicted octanol–water partition coefficient (Wildman–Crippen LogP) is 2.39. The molecule has 0 amide bonds. The van der Waals surface area contributed by atoms with Crippen LogP contribution in [-0.2, 0) is 26.4 Å². The van der Waals surface area contributed by atoms with Gasteiger partial charge in [0.15, 0.2) is 4.08 Å². The number of benzene rings is 2. The fourth-order valence-electron chi connectivity index (χ4n) is 3.30. The SMILES string of the molecule is O=[S@]1CC[S@](=O)C12CON(c1ccccc1)[C@@H]2c1ccccc1. The van der Waals surface area contributed by atoms with Gasteiger partial charge in [0.1, 0.15) is 12.6 Å². The Hall–Kier alpha value is -1.50. The van der Waals surface area contributed by atoms with Crippen LogP contribution in [0.25, 0.3) is 0 Å². The van der Waals surface area contributed by atoms with Gasteiger partial charge in [0.2, 0.25) is 0 Å². The summed E-state index contributed by atoms with van der Waals surface area (Å²) in [5, 5.41) is 1.79. The van der Waals surface area contributed by atoms with Crippen molar-refractivity contribution in [1.29, 1.82) is 0 Å². The number of para-hydroxylation sites is 1. The molecule has 0 bridgehead atoms. The molecule has 3 atom stereocenters. The van der Waals surface area contributed by atoms with Gasteiger partial charge in [-0.15, -0.1) is 0 Å². The third-order valence-electron chi connectivity index (χ3n) is 4.41. The van der Waals surface area contributed by atoms with Gasteiger partial charge in [0.05, 0.1) is 5.69 Å². The zero-order valence-corrected chi connectivity index (χ0v) is 14.1. The van der Waals surface area contributed by atoms with Crippen molar-refractivity contribution < 1.29 is 13.3 Å². The van der Waals surface area contributed by atoms with Crippen LogP contribution in [0.5, 0.6) is 0 Å². The highest BCUT2D eigenvalue weighted by Gasteiger charge is 2.61. The van der Waals surface area contributed by atoms with Crippen molar-refractivity contribution in [3.63, 3.8) is 0 Å². The van der Waals surface area contributed by atoms with Crippen molar-refractivity contribution in [2.45, 2.75) is 10.1 Å². The van der Waals surface area contributed by atoms with E-state index in [0.29, 0.717) is 11.5 Å². The smallest absolute Gasteiger partial charge is 0.173 e. The van der Waals surface area contributed by atoms with Crippen molar-refractivity contribution in [2.75, 3.05) is 23.2 Å². The minimum Gasteiger partial charge on any atom is -0.270 e. The van der Waals surface area contributed by atoms with E-state index in [2.05, 4.69) is 0 Å². The molecule has 6 heteroatoms. The average molecular weight is 347 g/mol. The summed E-state index contributed by atoms with van der Waals surface area (Å²) in [5.41, 5.74) is 1.87. The van der Waals surface area contributed by atoms with E-state index >= 15 is 0 Å². The van der Waals surface area contributed by atoms with Gasteiger partial charge in [-0.3, -0.25) is 13.3 Å². The van der Waals surface area contributed by atoms with Crippen LogP contribution < -0.4 is 5.06 Å². The highest BCUT2D eigenvalue weighted by molar-refractivity contribution is 8.07. The van der Waals surface area contributed by atoms with Gasteiger partial charge in [-0.1, -0.05) is 48.5 Å². The quantitative estimate of drug-likeness (QED) is 0.837. The third-order valence-corrected chi connectivity index (χ3v) is 9.15. The molecule has 4 nitrogen and oxygen atoms in total. The van der Waals surface area contributed by atoms with Crippen molar-refractivity contribution in [2.24, 2.45) is 0 Å². The summed E-state index contributed by atoms with van der Waals surface area (Å²) in [6.45, 7) is 0.223. The van der Waals surface area contributed by atoms with Crippen LogP contribution in [0.2, 0.25) is 0 Å². The molecule has 1 spiro atoms. The lowest BCUT2D eigenvalue weighted by atomic mass is 10.0. The van der Waals surface area contributed by atoms with E-state index in [4.69, 9.17) is 4.84 Å². The molecule has 0 saturated carbocycles. The molecule has 0 unspecified atom stereocenters. The normalized spacial score (nSPS) is 29.2. The summed E-state index contributed by atoms with van der Waals surface area (Å²) in [6.07, 6.45) is 0. The van der Waals surface area contributed by atoms with Crippen molar-refractivity contribution >= 4 is 27.3 Å². The number of hydrogen-bond donors (Lipinski definition) is 0. The molecule has 2 aromatic rings. The molecule has 120 valence electrons. The Kier molecular flexibility index (Phi) is 3.83. The van der Waals surface area contributed by atoms with Crippen LogP contribution in [0.15, 0.2) is 60.7 Å². The average Bonchev–Trinajstić information content (AvgIpc) is 3.14. The summed E-state index contributed by atoms with van der Waals surface area (Å²) < 4.78 is 24.7. The predicted molar refractivity (Wildman–Crippen MR) is 92.8 cm³/mol. The maximum atomic E-state index is 12.8. The maximum absolute atomic E-state index is 12.8. The van der Waals surface area contributed by atoms with Gasteiger partial charge >= 0.3 is 0 Å². The van der Waals surface area contributed by atoms with Gasteiger partial charge < -0.3 is 0 Å². The zero-order valence-electron chi connectivity index (χ0n) is 12.5. The standard InChI is InChI=1S/C17H17NO3S2/c19-22-11-12-23(20)17(22)13-21-18(15-9-5-2-6-10-15)16(17)14-7-3-1-4-8-14/h1-10,16H,11-13H2/t16-,22+,23+/m1/s1. The molecule has 2 aliphatic heterocycles. The molecule has 2 heterocycles. The fraction of sp³-hybridized carbons (Fsp3) is 0.294. The molecule has 0 aromatic heterocycles. The van der Waals surface area contributed by atoms with E-state index in [0.717, 1.165) is 11.3 Å². The van der Waals surface area contributed by atoms with Crippen LogP contribution in [0.4, 0.5) is 5.69 Å². The van der Waals surface area contributed by atoms with Crippen molar-refractivity contribution in [3.05, 3.63) is 66.2 Å². The third kappa shape index (κ3) is 2.28. The number of nitrogens with zero attached hydrogens (tertiary/aromatic N) is 1. The lowest BCUT2D eigenvalue weighted by Gasteiger charge is -2.31. The number of rotatable bonds is 2. The van der Waals surface area contributed by atoms with Crippen LogP contribution in [0, 0.1) is 0 Å². The van der Waals surface area contributed by atoms with E-state index in [9.17, 15) is 8.42 Å². The van der Waals surface area contributed by atoms with Gasteiger partial charge in [0, 0.05) is 33.1 Å². The fourth-order valence-corrected chi connectivity index (χ4v) is 7.86. The molecule has 23 heavy (non-hydrogen) atoms. The number of hydrogen-bond acceptors (Lipinski definition) is 4. The van der Waals surface area contributed by atoms with Gasteiger partial charge in [-0.25, -0.2) is 5.06 Å². The van der Waals surface area contributed by atoms with Gasteiger partial charge in [-0.05, 0) is 17.7 Å². The Morgan fingerprint density at radius 3 is 2.09 bits per heavy atom. The first-order valence-electron chi connectivity index (χ1n) is 7.52. The van der Waals surface area contributed by atoms with Crippen LogP contribution >= 0.6 is 0 Å². The number of hydroxylamine groups is 1. The maximum Gasteiger partial charge on any atom is 0.173 e. The minimum atomic E-state index is -1.18. The van der Waals surface area contributed by atoms with Crippen LogP contribution in [0.3, 0.4) is 0 Å². The second-order valence-electron chi connectivity index (χ2n) is 5.66. The molecule has 4 rings (SSSR count). The molecule has 0 N–H and O–H groups in total. The van der Waals surface area contributed by atoms with Gasteiger partial charge in [-0.2, -0.15) is 0 Å². The summed E-state index contributed by atoms with van der Waals surface area (Å²) in [5.74, 6) is 0.948. The molecule has 2 aromatic carbocycles. The highest BCUT2D eigenvalue weighted by Crippen LogP contribution is 2.48. The van der Waals surface area contributed by atoms with E-state index in [1.165, 1.54) is 0 Å². The highest BCUT2D eigenvalue weighted by atomic mass is 32.3. The Morgan fingerprint density at radius 2 is 1.48 bits per heavy atom. The van der Waals surface area contributed by atoms with E-state index in [1.54, 1.807) is 5.06 Å². The summed E-state index contributed by atoms with van der Waals surface area (Å²) >= 11 is 0. The largest absolute Gasteiger partial charge is 0.270 e. The molecule has 0 aliphatic carbocycles. The zero-order chi connectivity index (χ0) is 15.9. The summed E-state index contributed by atoms with van der Waals surface area (Å²) in [4.78, 5) is 5.93. The van der Waals surface area contributed by atoms with Crippen LogP contribution in [-0.4, -0.2) is 30.6 Å². The first kappa shape index (κ1) is 15.1. The molecule has 2 fully saturated rings. The summed E-state index contributed by atoms with van der Waals surface area (Å²) in [7, 11) is -2.36. The van der Waals surface area contributed by atoms with Gasteiger partial charge in [0.25, 0.3) is 0 Å². The molecule has 0 radical (unpaired) electrons. The Bertz CT molecular complexity index is 735. The second kappa shape index (κ2) is 5.85. The second-order valence-corrected chi connectivity index (χ2v) is 9.57. The lowest BCUT2D eigenvalue weighted by Crippen LogP contribution is -2.43. The monoisotopic (exact) mass is 347 g/mol. The molecule has 2 aliphatic rings. The van der Waals surface area contributed by atoms with Crippen molar-refractivity contribution in [1.82, 2.24) is 0 Å². The number of anilines is 1. The first-order chi connectivity index (χ1) is 11.2. The summed E-state index contributed by atoms with van der Waals surface area (Å²) in [6, 6.07) is 19.2. The Labute approximate surface area is 140 Å². The molecule has 2 saturated heterocycles. The lowest BCUT2D eigenvalue weighted by molar-refractivity contribution is 0.158. The Morgan fingerprint density at radius 1 is 0.913 bits per heavy atom. The van der Waals surface area contributed by atoms with E-state index < -0.39 is 25.7 Å². The van der Waals surface area contributed by atoms with E-state index in [1.807, 2.05) is 60.7 Å². The minimum absolute atomic E-state index is 0.223. The Balaban J connectivity index is 1.86. The van der Waals surface area contributed by atoms with Crippen LogP contribution in [0.1, 0.15) is 11.6 Å².